The molecule has 0 bridgehead atoms. The van der Waals surface area contributed by atoms with Crippen LogP contribution in [0.4, 0.5) is 0 Å². The number of carbonyl (C=O) groups is 1. The van der Waals surface area contributed by atoms with Gasteiger partial charge in [-0.2, -0.15) is 5.10 Å². The summed E-state index contributed by atoms with van der Waals surface area (Å²) in [5.41, 5.74) is 1.71. The number of aryl methyl sites for hydroxylation is 2. The lowest BCUT2D eigenvalue weighted by Gasteiger charge is -2.32. The van der Waals surface area contributed by atoms with E-state index in [4.69, 9.17) is 4.74 Å². The lowest BCUT2D eigenvalue weighted by molar-refractivity contribution is -0.133. The second-order valence-corrected chi connectivity index (χ2v) is 6.88. The first-order chi connectivity index (χ1) is 12.6. The maximum absolute atomic E-state index is 12.5. The molecule has 26 heavy (non-hydrogen) atoms. The number of nitrogens with one attached hydrogen (secondary N) is 1. The standard InChI is InChI=1S/C20H25N3O3/c1-15-4-8-18(9-5-15)26-14-16-3-2-12-23(13-16)20(25)11-7-17-6-10-19(24)22-21-17/h4-6,8-10,16H,2-3,7,11-14H2,1H3,(H,22,24)/t16-/m0/s1. The van der Waals surface area contributed by atoms with E-state index in [1.54, 1.807) is 6.07 Å². The number of hydrogen-bond donors (Lipinski definition) is 1. The zero-order valence-corrected chi connectivity index (χ0v) is 15.1. The van der Waals surface area contributed by atoms with Gasteiger partial charge in [0.25, 0.3) is 5.56 Å². The smallest absolute Gasteiger partial charge is 0.264 e. The second-order valence-electron chi connectivity index (χ2n) is 6.88. The van der Waals surface area contributed by atoms with E-state index in [1.165, 1.54) is 11.6 Å². The van der Waals surface area contributed by atoms with Gasteiger partial charge in [-0.25, -0.2) is 5.10 Å². The van der Waals surface area contributed by atoms with E-state index in [1.807, 2.05) is 29.2 Å². The third-order valence-electron chi connectivity index (χ3n) is 4.71. The van der Waals surface area contributed by atoms with Crippen LogP contribution in [0.5, 0.6) is 5.75 Å². The molecule has 0 spiro atoms. The average molecular weight is 355 g/mol. The Kier molecular flexibility index (Phi) is 6.04. The predicted molar refractivity (Wildman–Crippen MR) is 99.2 cm³/mol. The highest BCUT2D eigenvalue weighted by Crippen LogP contribution is 2.20. The normalized spacial score (nSPS) is 17.1. The van der Waals surface area contributed by atoms with E-state index in [9.17, 15) is 9.59 Å². The van der Waals surface area contributed by atoms with Crippen molar-refractivity contribution in [2.75, 3.05) is 19.7 Å². The summed E-state index contributed by atoms with van der Waals surface area (Å²) >= 11 is 0. The third kappa shape index (κ3) is 5.18. The second kappa shape index (κ2) is 8.65. The largest absolute Gasteiger partial charge is 0.493 e. The molecule has 1 aromatic heterocycles. The van der Waals surface area contributed by atoms with Gasteiger partial charge < -0.3 is 9.64 Å². The van der Waals surface area contributed by atoms with Crippen LogP contribution in [0, 0.1) is 12.8 Å². The van der Waals surface area contributed by atoms with Crippen molar-refractivity contribution < 1.29 is 9.53 Å². The first-order valence-corrected chi connectivity index (χ1v) is 9.12. The van der Waals surface area contributed by atoms with Crippen molar-refractivity contribution in [3.63, 3.8) is 0 Å². The summed E-state index contributed by atoms with van der Waals surface area (Å²) in [6.45, 7) is 4.23. The molecule has 0 unspecified atom stereocenters. The molecule has 6 heteroatoms. The average Bonchev–Trinajstić information content (AvgIpc) is 2.67. The molecule has 138 valence electrons. The van der Waals surface area contributed by atoms with Crippen LogP contribution < -0.4 is 10.3 Å². The van der Waals surface area contributed by atoms with E-state index in [-0.39, 0.29) is 11.5 Å². The van der Waals surface area contributed by atoms with Crippen LogP contribution in [-0.2, 0) is 11.2 Å². The number of likely N-dealkylation sites (tertiary alicyclic amines) is 1. The molecular formula is C20H25N3O3. The van der Waals surface area contributed by atoms with Crippen molar-refractivity contribution >= 4 is 5.91 Å². The maximum atomic E-state index is 12.5. The lowest BCUT2D eigenvalue weighted by Crippen LogP contribution is -2.41. The Balaban J connectivity index is 1.46. The van der Waals surface area contributed by atoms with Crippen LogP contribution >= 0.6 is 0 Å². The quantitative estimate of drug-likeness (QED) is 0.863. The molecule has 1 aliphatic heterocycles. The number of ether oxygens (including phenoxy) is 1. The zero-order chi connectivity index (χ0) is 18.4. The minimum Gasteiger partial charge on any atom is -0.493 e. The molecule has 6 nitrogen and oxygen atoms in total. The predicted octanol–water partition coefficient (Wildman–Crippen LogP) is 2.33. The van der Waals surface area contributed by atoms with Gasteiger partial charge in [0.1, 0.15) is 5.75 Å². The highest BCUT2D eigenvalue weighted by molar-refractivity contribution is 5.76. The summed E-state index contributed by atoms with van der Waals surface area (Å²) in [6, 6.07) is 11.1. The topological polar surface area (TPSA) is 75.3 Å². The van der Waals surface area contributed by atoms with Gasteiger partial charge >= 0.3 is 0 Å². The fourth-order valence-corrected chi connectivity index (χ4v) is 3.18. The number of benzene rings is 1. The van der Waals surface area contributed by atoms with Crippen LogP contribution in [0.2, 0.25) is 0 Å². The number of amides is 1. The SMILES string of the molecule is Cc1ccc(OC[C@H]2CCCN(C(=O)CCc3ccc(=O)[nH]n3)C2)cc1. The molecule has 1 saturated heterocycles. The lowest BCUT2D eigenvalue weighted by atomic mass is 9.98. The summed E-state index contributed by atoms with van der Waals surface area (Å²) in [7, 11) is 0. The summed E-state index contributed by atoms with van der Waals surface area (Å²) in [6.07, 6.45) is 3.03. The Hall–Kier alpha value is -2.63. The first kappa shape index (κ1) is 18.2. The zero-order valence-electron chi connectivity index (χ0n) is 15.1. The Morgan fingerprint density at radius 3 is 2.81 bits per heavy atom. The fourth-order valence-electron chi connectivity index (χ4n) is 3.18. The molecule has 2 heterocycles. The van der Waals surface area contributed by atoms with Gasteiger partial charge in [0.2, 0.25) is 5.91 Å². The van der Waals surface area contributed by atoms with Gasteiger partial charge in [0.05, 0.1) is 12.3 Å². The summed E-state index contributed by atoms with van der Waals surface area (Å²) in [5, 5.41) is 6.35. The summed E-state index contributed by atoms with van der Waals surface area (Å²) in [4.78, 5) is 25.4. The highest BCUT2D eigenvalue weighted by Gasteiger charge is 2.24. The van der Waals surface area contributed by atoms with Crippen molar-refractivity contribution in [1.82, 2.24) is 15.1 Å². The number of aromatic amines is 1. The van der Waals surface area contributed by atoms with Crippen LogP contribution in [0.25, 0.3) is 0 Å². The van der Waals surface area contributed by atoms with E-state index < -0.39 is 0 Å². The summed E-state index contributed by atoms with van der Waals surface area (Å²) < 4.78 is 5.89. The van der Waals surface area contributed by atoms with Crippen molar-refractivity contribution in [3.05, 3.63) is 58.0 Å². The van der Waals surface area contributed by atoms with E-state index in [0.717, 1.165) is 37.4 Å². The van der Waals surface area contributed by atoms with Gasteiger partial charge in [-0.15, -0.1) is 0 Å². The van der Waals surface area contributed by atoms with E-state index in [2.05, 4.69) is 17.1 Å². The molecule has 1 N–H and O–H groups in total. The van der Waals surface area contributed by atoms with Gasteiger partial charge in [-0.1, -0.05) is 17.7 Å². The van der Waals surface area contributed by atoms with Gasteiger partial charge in [-0.3, -0.25) is 9.59 Å². The van der Waals surface area contributed by atoms with Gasteiger partial charge in [-0.05, 0) is 38.0 Å². The number of piperidine rings is 1. The molecule has 1 aliphatic rings. The number of carbonyl (C=O) groups excluding carboxylic acids is 1. The maximum Gasteiger partial charge on any atom is 0.264 e. The number of H-pyrrole nitrogens is 1. The Bertz CT molecular complexity index is 765. The molecule has 1 amide bonds. The third-order valence-corrected chi connectivity index (χ3v) is 4.71. The molecule has 0 radical (unpaired) electrons. The molecule has 3 rings (SSSR count). The minimum absolute atomic E-state index is 0.137. The fraction of sp³-hybridized carbons (Fsp3) is 0.450. The summed E-state index contributed by atoms with van der Waals surface area (Å²) in [5.74, 6) is 1.38. The Morgan fingerprint density at radius 2 is 2.08 bits per heavy atom. The van der Waals surface area contributed by atoms with Crippen LogP contribution in [0.15, 0.2) is 41.2 Å². The number of nitrogens with zero attached hydrogens (tertiary/aromatic N) is 2. The Labute approximate surface area is 153 Å². The van der Waals surface area contributed by atoms with E-state index >= 15 is 0 Å². The van der Waals surface area contributed by atoms with Crippen molar-refractivity contribution in [3.8, 4) is 5.75 Å². The number of hydrogen-bond acceptors (Lipinski definition) is 4. The van der Waals surface area contributed by atoms with Crippen LogP contribution in [-0.4, -0.2) is 40.7 Å². The minimum atomic E-state index is -0.229. The molecule has 2 aromatic rings. The molecule has 1 aromatic carbocycles. The van der Waals surface area contributed by atoms with Crippen molar-refractivity contribution in [2.45, 2.75) is 32.6 Å². The van der Waals surface area contributed by atoms with Crippen molar-refractivity contribution in [2.24, 2.45) is 5.92 Å². The molecule has 1 fully saturated rings. The Morgan fingerprint density at radius 1 is 1.27 bits per heavy atom. The first-order valence-electron chi connectivity index (χ1n) is 9.12. The van der Waals surface area contributed by atoms with Crippen LogP contribution in [0.3, 0.4) is 0 Å². The monoisotopic (exact) mass is 355 g/mol. The highest BCUT2D eigenvalue weighted by atomic mass is 16.5. The van der Waals surface area contributed by atoms with Crippen LogP contribution in [0.1, 0.15) is 30.5 Å². The van der Waals surface area contributed by atoms with Gasteiger partial charge in [0, 0.05) is 37.9 Å². The molecule has 1 atom stereocenters. The van der Waals surface area contributed by atoms with E-state index in [0.29, 0.717) is 25.4 Å². The number of rotatable bonds is 6. The molecule has 0 saturated carbocycles. The van der Waals surface area contributed by atoms with Gasteiger partial charge in [0.15, 0.2) is 0 Å². The van der Waals surface area contributed by atoms with Crippen molar-refractivity contribution in [1.29, 1.82) is 0 Å². The molecular weight excluding hydrogens is 330 g/mol. The molecule has 0 aliphatic carbocycles. The number of aromatic nitrogens is 2.